The van der Waals surface area contributed by atoms with Gasteiger partial charge < -0.3 is 16.0 Å². The number of anilines is 2. The second-order valence-electron chi connectivity index (χ2n) is 6.65. The zero-order chi connectivity index (χ0) is 17.8. The molecule has 0 spiro atoms. The van der Waals surface area contributed by atoms with Crippen molar-refractivity contribution in [1.82, 2.24) is 5.32 Å². The lowest BCUT2D eigenvalue weighted by Crippen LogP contribution is -2.28. The molecular weight excluding hydrogens is 350 g/mol. The fourth-order valence-electron chi connectivity index (χ4n) is 2.82. The highest BCUT2D eigenvalue weighted by Crippen LogP contribution is 2.24. The molecule has 2 aromatic carbocycles. The lowest BCUT2D eigenvalue weighted by atomic mass is 10.1. The molecule has 138 valence electrons. The first-order valence-electron chi connectivity index (χ1n) is 8.60. The van der Waals surface area contributed by atoms with Crippen molar-refractivity contribution in [1.29, 1.82) is 0 Å². The van der Waals surface area contributed by atoms with Crippen LogP contribution >= 0.6 is 12.4 Å². The van der Waals surface area contributed by atoms with Crippen molar-refractivity contribution in [3.8, 4) is 0 Å². The smallest absolute Gasteiger partial charge is 0.255 e. The summed E-state index contributed by atoms with van der Waals surface area (Å²) >= 11 is 0. The molecule has 0 unspecified atom stereocenters. The molecule has 2 amide bonds. The molecule has 0 bridgehead atoms. The van der Waals surface area contributed by atoms with Crippen molar-refractivity contribution in [2.75, 3.05) is 23.7 Å². The molecule has 6 heteroatoms. The number of nitrogens with one attached hydrogen (secondary N) is 3. The van der Waals surface area contributed by atoms with E-state index in [1.54, 1.807) is 30.3 Å². The molecule has 1 aliphatic rings. The molecule has 1 aliphatic heterocycles. The Hall–Kier alpha value is -2.53. The van der Waals surface area contributed by atoms with Crippen molar-refractivity contribution in [2.24, 2.45) is 5.92 Å². The van der Waals surface area contributed by atoms with E-state index in [2.05, 4.69) is 16.0 Å². The van der Waals surface area contributed by atoms with Crippen LogP contribution in [0.15, 0.2) is 42.5 Å². The quantitative estimate of drug-likeness (QED) is 0.748. The predicted octanol–water partition coefficient (Wildman–Crippen LogP) is 3.71. The first kappa shape index (κ1) is 19.8. The second-order valence-corrected chi connectivity index (χ2v) is 6.65. The average Bonchev–Trinajstić information content (AvgIpc) is 3.07. The van der Waals surface area contributed by atoms with Crippen LogP contribution in [0.4, 0.5) is 11.4 Å². The van der Waals surface area contributed by atoms with Crippen LogP contribution in [0.5, 0.6) is 0 Å². The van der Waals surface area contributed by atoms with Gasteiger partial charge in [0.05, 0.1) is 11.3 Å². The Labute approximate surface area is 160 Å². The molecule has 2 aromatic rings. The molecule has 0 radical (unpaired) electrons. The van der Waals surface area contributed by atoms with Gasteiger partial charge in [-0.25, -0.2) is 0 Å². The number of benzene rings is 2. The van der Waals surface area contributed by atoms with Gasteiger partial charge in [-0.2, -0.15) is 0 Å². The van der Waals surface area contributed by atoms with E-state index in [-0.39, 0.29) is 24.2 Å². The maximum Gasteiger partial charge on any atom is 0.255 e. The predicted molar refractivity (Wildman–Crippen MR) is 107 cm³/mol. The Morgan fingerprint density at radius 1 is 1.12 bits per heavy atom. The lowest BCUT2D eigenvalue weighted by molar-refractivity contribution is 0.0950. The highest BCUT2D eigenvalue weighted by molar-refractivity contribution is 6.09. The van der Waals surface area contributed by atoms with Crippen LogP contribution in [-0.2, 0) is 6.42 Å². The summed E-state index contributed by atoms with van der Waals surface area (Å²) in [6.45, 7) is 5.57. The highest BCUT2D eigenvalue weighted by Gasteiger charge is 2.16. The number of amides is 2. The number of para-hydroxylation sites is 1. The molecule has 5 nitrogen and oxygen atoms in total. The maximum absolute atomic E-state index is 12.6. The Morgan fingerprint density at radius 3 is 2.65 bits per heavy atom. The topological polar surface area (TPSA) is 70.2 Å². The third-order valence-corrected chi connectivity index (χ3v) is 4.17. The number of fused-ring (bicyclic) bond motifs is 1. The molecule has 0 saturated carbocycles. The molecule has 0 aliphatic carbocycles. The monoisotopic (exact) mass is 373 g/mol. The summed E-state index contributed by atoms with van der Waals surface area (Å²) in [5.74, 6) is -0.0210. The van der Waals surface area contributed by atoms with Gasteiger partial charge in [0, 0.05) is 24.3 Å². The minimum atomic E-state index is -0.209. The van der Waals surface area contributed by atoms with Crippen LogP contribution < -0.4 is 16.0 Å². The minimum Gasteiger partial charge on any atom is -0.384 e. The van der Waals surface area contributed by atoms with E-state index in [9.17, 15) is 9.59 Å². The van der Waals surface area contributed by atoms with Gasteiger partial charge in [0.2, 0.25) is 0 Å². The van der Waals surface area contributed by atoms with Crippen LogP contribution in [0.1, 0.15) is 40.1 Å². The summed E-state index contributed by atoms with van der Waals surface area (Å²) in [4.78, 5) is 25.0. The molecule has 3 rings (SSSR count). The highest BCUT2D eigenvalue weighted by atomic mass is 35.5. The number of hydrogen-bond acceptors (Lipinski definition) is 3. The van der Waals surface area contributed by atoms with Crippen LogP contribution in [0, 0.1) is 5.92 Å². The standard InChI is InChI=1S/C20H23N3O2.ClH/c1-13(2)12-22-20(25)16-5-3-4-6-18(16)23-19(24)15-7-8-17-14(11-15)9-10-21-17;/h3-8,11,13,21H,9-10,12H2,1-2H3,(H,22,25)(H,23,24);1H. The summed E-state index contributed by atoms with van der Waals surface area (Å²) in [5, 5.41) is 9.03. The van der Waals surface area contributed by atoms with E-state index < -0.39 is 0 Å². The average molecular weight is 374 g/mol. The van der Waals surface area contributed by atoms with Crippen LogP contribution in [0.2, 0.25) is 0 Å². The van der Waals surface area contributed by atoms with Gasteiger partial charge in [0.25, 0.3) is 11.8 Å². The van der Waals surface area contributed by atoms with Gasteiger partial charge in [0.1, 0.15) is 0 Å². The van der Waals surface area contributed by atoms with Gasteiger partial charge in [0.15, 0.2) is 0 Å². The Morgan fingerprint density at radius 2 is 1.88 bits per heavy atom. The Balaban J connectivity index is 0.00000243. The zero-order valence-electron chi connectivity index (χ0n) is 15.0. The third kappa shape index (κ3) is 4.55. The zero-order valence-corrected chi connectivity index (χ0v) is 15.8. The summed E-state index contributed by atoms with van der Waals surface area (Å²) in [6.07, 6.45) is 0.921. The van der Waals surface area contributed by atoms with Gasteiger partial charge in [-0.3, -0.25) is 9.59 Å². The number of carbonyl (C=O) groups excluding carboxylic acids is 2. The maximum atomic E-state index is 12.6. The van der Waals surface area contributed by atoms with Gasteiger partial charge in [-0.1, -0.05) is 26.0 Å². The number of halogens is 1. The van der Waals surface area contributed by atoms with E-state index in [0.29, 0.717) is 29.3 Å². The second kappa shape index (κ2) is 8.72. The molecule has 0 saturated heterocycles. The lowest BCUT2D eigenvalue weighted by Gasteiger charge is -2.13. The molecule has 1 heterocycles. The van der Waals surface area contributed by atoms with Crippen molar-refractivity contribution >= 4 is 35.6 Å². The van der Waals surface area contributed by atoms with Crippen LogP contribution in [-0.4, -0.2) is 24.9 Å². The van der Waals surface area contributed by atoms with Gasteiger partial charge >= 0.3 is 0 Å². The largest absolute Gasteiger partial charge is 0.384 e. The third-order valence-electron chi connectivity index (χ3n) is 4.17. The van der Waals surface area contributed by atoms with E-state index >= 15 is 0 Å². The van der Waals surface area contributed by atoms with Crippen LogP contribution in [0.25, 0.3) is 0 Å². The van der Waals surface area contributed by atoms with Crippen molar-refractivity contribution in [3.05, 3.63) is 59.2 Å². The van der Waals surface area contributed by atoms with E-state index in [0.717, 1.165) is 24.2 Å². The normalized spacial score (nSPS) is 12.0. The first-order chi connectivity index (χ1) is 12.0. The fraction of sp³-hybridized carbons (Fsp3) is 0.300. The SMILES string of the molecule is CC(C)CNC(=O)c1ccccc1NC(=O)c1ccc2c(c1)CCN2.Cl. The molecule has 3 N–H and O–H groups in total. The summed E-state index contributed by atoms with van der Waals surface area (Å²) in [6, 6.07) is 12.7. The van der Waals surface area contributed by atoms with Crippen LogP contribution in [0.3, 0.4) is 0 Å². The minimum absolute atomic E-state index is 0. The molecular formula is C20H24ClN3O2. The van der Waals surface area contributed by atoms with Gasteiger partial charge in [-0.05, 0) is 48.2 Å². The summed E-state index contributed by atoms with van der Waals surface area (Å²) in [7, 11) is 0. The van der Waals surface area contributed by atoms with E-state index in [4.69, 9.17) is 0 Å². The molecule has 0 atom stereocenters. The molecule has 26 heavy (non-hydrogen) atoms. The van der Waals surface area contributed by atoms with E-state index in [1.807, 2.05) is 26.0 Å². The fourth-order valence-corrected chi connectivity index (χ4v) is 2.82. The van der Waals surface area contributed by atoms with Crippen molar-refractivity contribution in [2.45, 2.75) is 20.3 Å². The number of hydrogen-bond donors (Lipinski definition) is 3. The Kier molecular flexibility index (Phi) is 6.64. The number of rotatable bonds is 5. The van der Waals surface area contributed by atoms with Gasteiger partial charge in [-0.15, -0.1) is 12.4 Å². The van der Waals surface area contributed by atoms with E-state index in [1.165, 1.54) is 0 Å². The molecule has 0 aromatic heterocycles. The first-order valence-corrected chi connectivity index (χ1v) is 8.60. The van der Waals surface area contributed by atoms with Crippen molar-refractivity contribution in [3.63, 3.8) is 0 Å². The summed E-state index contributed by atoms with van der Waals surface area (Å²) in [5.41, 5.74) is 3.83. The Bertz CT molecular complexity index is 805. The van der Waals surface area contributed by atoms with Crippen molar-refractivity contribution < 1.29 is 9.59 Å². The molecule has 0 fully saturated rings. The number of carbonyl (C=O) groups is 2. The summed E-state index contributed by atoms with van der Waals surface area (Å²) < 4.78 is 0.